The van der Waals surface area contributed by atoms with Crippen molar-refractivity contribution in [3.8, 4) is 0 Å². The summed E-state index contributed by atoms with van der Waals surface area (Å²) in [4.78, 5) is 16.1. The van der Waals surface area contributed by atoms with Gasteiger partial charge in [-0.2, -0.15) is 0 Å². The third kappa shape index (κ3) is 3.40. The lowest BCUT2D eigenvalue weighted by Crippen LogP contribution is -2.38. The fraction of sp³-hybridized carbons (Fsp3) is 0.692. The van der Waals surface area contributed by atoms with Crippen molar-refractivity contribution in [2.75, 3.05) is 19.8 Å². The van der Waals surface area contributed by atoms with Crippen LogP contribution in [0.2, 0.25) is 0 Å². The van der Waals surface area contributed by atoms with Gasteiger partial charge in [0, 0.05) is 44.1 Å². The van der Waals surface area contributed by atoms with Crippen molar-refractivity contribution < 1.29 is 4.74 Å². The zero-order chi connectivity index (χ0) is 13.0. The van der Waals surface area contributed by atoms with Crippen molar-refractivity contribution in [1.29, 1.82) is 0 Å². The van der Waals surface area contributed by atoms with Gasteiger partial charge in [-0.05, 0) is 26.7 Å². The first-order chi connectivity index (χ1) is 8.66. The first-order valence-electron chi connectivity index (χ1n) is 6.53. The van der Waals surface area contributed by atoms with E-state index in [2.05, 4.69) is 10.3 Å². The molecular formula is C13H21N3O2. The average molecular weight is 251 g/mol. The Labute approximate surface area is 107 Å². The monoisotopic (exact) mass is 251 g/mol. The fourth-order valence-electron chi connectivity index (χ4n) is 2.32. The van der Waals surface area contributed by atoms with E-state index in [1.165, 1.54) is 0 Å². The Kier molecular flexibility index (Phi) is 4.49. The lowest BCUT2D eigenvalue weighted by atomic mass is 10.1. The molecule has 5 nitrogen and oxygen atoms in total. The summed E-state index contributed by atoms with van der Waals surface area (Å²) in [5, 5.41) is 3.47. The molecule has 2 heterocycles. The zero-order valence-corrected chi connectivity index (χ0v) is 11.1. The molecule has 1 aromatic rings. The summed E-state index contributed by atoms with van der Waals surface area (Å²) in [6.07, 6.45) is 2.11. The van der Waals surface area contributed by atoms with E-state index in [0.717, 1.165) is 44.1 Å². The lowest BCUT2D eigenvalue weighted by molar-refractivity contribution is 0.0778. The molecule has 1 aliphatic heterocycles. The van der Waals surface area contributed by atoms with Gasteiger partial charge < -0.3 is 10.1 Å². The molecule has 2 rings (SSSR count). The molecule has 100 valence electrons. The normalized spacial score (nSPS) is 17.0. The van der Waals surface area contributed by atoms with Gasteiger partial charge in [0.1, 0.15) is 5.82 Å². The highest BCUT2D eigenvalue weighted by atomic mass is 16.5. The molecule has 0 aromatic carbocycles. The highest BCUT2D eigenvalue weighted by Gasteiger charge is 2.12. The van der Waals surface area contributed by atoms with Gasteiger partial charge in [-0.25, -0.2) is 4.98 Å². The van der Waals surface area contributed by atoms with Crippen LogP contribution in [-0.2, 0) is 11.3 Å². The predicted octanol–water partition coefficient (Wildman–Crippen LogP) is 0.629. The summed E-state index contributed by atoms with van der Waals surface area (Å²) in [6.45, 7) is 6.87. The Bertz CT molecular complexity index is 450. The van der Waals surface area contributed by atoms with E-state index in [4.69, 9.17) is 4.74 Å². The van der Waals surface area contributed by atoms with Gasteiger partial charge in [-0.1, -0.05) is 0 Å². The highest BCUT2D eigenvalue weighted by molar-refractivity contribution is 5.01. The van der Waals surface area contributed by atoms with Crippen LogP contribution in [0.25, 0.3) is 0 Å². The van der Waals surface area contributed by atoms with Gasteiger partial charge in [-0.3, -0.25) is 9.36 Å². The molecule has 1 aliphatic rings. The van der Waals surface area contributed by atoms with Crippen LogP contribution in [0.3, 0.4) is 0 Å². The summed E-state index contributed by atoms with van der Waals surface area (Å²) in [7, 11) is 0. The van der Waals surface area contributed by atoms with Crippen LogP contribution in [0.1, 0.15) is 24.4 Å². The molecule has 0 amide bonds. The topological polar surface area (TPSA) is 56.2 Å². The van der Waals surface area contributed by atoms with E-state index in [1.807, 2.05) is 13.8 Å². The molecule has 1 aromatic heterocycles. The summed E-state index contributed by atoms with van der Waals surface area (Å²) < 4.78 is 7.03. The van der Waals surface area contributed by atoms with Gasteiger partial charge >= 0.3 is 0 Å². The number of aryl methyl sites for hydroxylation is 2. The average Bonchev–Trinajstić information content (AvgIpc) is 2.34. The molecule has 18 heavy (non-hydrogen) atoms. The molecule has 0 atom stereocenters. The molecular weight excluding hydrogens is 230 g/mol. The molecule has 0 spiro atoms. The van der Waals surface area contributed by atoms with Crippen molar-refractivity contribution in [3.63, 3.8) is 0 Å². The smallest absolute Gasteiger partial charge is 0.253 e. The zero-order valence-electron chi connectivity index (χ0n) is 11.1. The Hall–Kier alpha value is -1.20. The molecule has 0 unspecified atom stereocenters. The van der Waals surface area contributed by atoms with E-state index in [1.54, 1.807) is 10.6 Å². The van der Waals surface area contributed by atoms with Crippen molar-refractivity contribution in [1.82, 2.24) is 14.9 Å². The first kappa shape index (κ1) is 13.2. The van der Waals surface area contributed by atoms with Crippen molar-refractivity contribution in [2.24, 2.45) is 0 Å². The number of hydrogen-bond acceptors (Lipinski definition) is 4. The fourth-order valence-corrected chi connectivity index (χ4v) is 2.32. The second-order valence-electron chi connectivity index (χ2n) is 4.78. The number of rotatable bonds is 4. The van der Waals surface area contributed by atoms with E-state index in [0.29, 0.717) is 12.6 Å². The molecule has 1 fully saturated rings. The Morgan fingerprint density at radius 3 is 2.83 bits per heavy atom. The van der Waals surface area contributed by atoms with Gasteiger partial charge in [0.15, 0.2) is 0 Å². The van der Waals surface area contributed by atoms with Crippen LogP contribution in [0, 0.1) is 13.8 Å². The van der Waals surface area contributed by atoms with Gasteiger partial charge in [0.05, 0.1) is 0 Å². The summed E-state index contributed by atoms with van der Waals surface area (Å²) in [6, 6.07) is 2.11. The maximum atomic E-state index is 11.8. The Morgan fingerprint density at radius 2 is 2.17 bits per heavy atom. The molecule has 0 saturated carbocycles. The quantitative estimate of drug-likeness (QED) is 0.852. The maximum absolute atomic E-state index is 11.8. The number of nitrogens with zero attached hydrogens (tertiary/aromatic N) is 2. The minimum atomic E-state index is 0.0359. The third-order valence-electron chi connectivity index (χ3n) is 3.32. The summed E-state index contributed by atoms with van der Waals surface area (Å²) in [5.74, 6) is 0.786. The summed E-state index contributed by atoms with van der Waals surface area (Å²) in [5.41, 5.74) is 0.819. The van der Waals surface area contributed by atoms with Crippen LogP contribution < -0.4 is 10.9 Å². The van der Waals surface area contributed by atoms with Crippen molar-refractivity contribution in [3.05, 3.63) is 27.9 Å². The predicted molar refractivity (Wildman–Crippen MR) is 69.8 cm³/mol. The molecule has 1 saturated heterocycles. The first-order valence-corrected chi connectivity index (χ1v) is 6.53. The van der Waals surface area contributed by atoms with Crippen LogP contribution in [-0.4, -0.2) is 35.4 Å². The number of aromatic nitrogens is 2. The van der Waals surface area contributed by atoms with Crippen LogP contribution in [0.15, 0.2) is 10.9 Å². The third-order valence-corrected chi connectivity index (χ3v) is 3.32. The standard InChI is InChI=1S/C13H21N3O2/c1-10-9-13(17)16(11(2)15-10)6-5-14-12-3-7-18-8-4-12/h9,12,14H,3-8H2,1-2H3. The summed E-state index contributed by atoms with van der Waals surface area (Å²) >= 11 is 0. The minimum Gasteiger partial charge on any atom is -0.381 e. The SMILES string of the molecule is Cc1cc(=O)n(CCNC2CCOCC2)c(C)n1. The van der Waals surface area contributed by atoms with E-state index < -0.39 is 0 Å². The molecule has 0 aliphatic carbocycles. The van der Waals surface area contributed by atoms with Gasteiger partial charge in [0.2, 0.25) is 0 Å². The maximum Gasteiger partial charge on any atom is 0.253 e. The number of nitrogens with one attached hydrogen (secondary N) is 1. The van der Waals surface area contributed by atoms with Crippen molar-refractivity contribution >= 4 is 0 Å². The van der Waals surface area contributed by atoms with Crippen LogP contribution >= 0.6 is 0 Å². The largest absolute Gasteiger partial charge is 0.381 e. The van der Waals surface area contributed by atoms with Gasteiger partial charge in [0.25, 0.3) is 5.56 Å². The minimum absolute atomic E-state index is 0.0359. The molecule has 1 N–H and O–H groups in total. The van der Waals surface area contributed by atoms with Crippen molar-refractivity contribution in [2.45, 2.75) is 39.3 Å². The number of hydrogen-bond donors (Lipinski definition) is 1. The second kappa shape index (κ2) is 6.11. The molecule has 5 heteroatoms. The van der Waals surface area contributed by atoms with E-state index in [-0.39, 0.29) is 5.56 Å². The highest BCUT2D eigenvalue weighted by Crippen LogP contribution is 2.05. The Morgan fingerprint density at radius 1 is 1.44 bits per heavy atom. The Balaban J connectivity index is 1.88. The second-order valence-corrected chi connectivity index (χ2v) is 4.78. The van der Waals surface area contributed by atoms with E-state index in [9.17, 15) is 4.79 Å². The van der Waals surface area contributed by atoms with E-state index >= 15 is 0 Å². The van der Waals surface area contributed by atoms with Gasteiger partial charge in [-0.15, -0.1) is 0 Å². The van der Waals surface area contributed by atoms with Crippen LogP contribution in [0.4, 0.5) is 0 Å². The molecule has 0 radical (unpaired) electrons. The molecule has 0 bridgehead atoms. The number of ether oxygens (including phenoxy) is 1. The lowest BCUT2D eigenvalue weighted by Gasteiger charge is -2.23. The van der Waals surface area contributed by atoms with Crippen LogP contribution in [0.5, 0.6) is 0 Å².